The van der Waals surface area contributed by atoms with Gasteiger partial charge in [0.05, 0.1) is 0 Å². The zero-order valence-corrected chi connectivity index (χ0v) is 6.88. The molecule has 0 aromatic rings. The van der Waals surface area contributed by atoms with Gasteiger partial charge in [-0.3, -0.25) is 9.07 Å². The Hall–Kier alpha value is -0.125. The summed E-state index contributed by atoms with van der Waals surface area (Å²) >= 11 is 0. The standard InChI is InChI=1S/C6H13BFNO2/c1-6(2)4-3-5-9(6)11-7(8)10/h10H,3-5H2,1-2H3. The smallest absolute Gasteiger partial charge is 0.397 e. The van der Waals surface area contributed by atoms with Crippen LogP contribution in [-0.4, -0.2) is 29.6 Å². The molecule has 1 aliphatic heterocycles. The predicted octanol–water partition coefficient (Wildman–Crippen LogP) is 0.739. The summed E-state index contributed by atoms with van der Waals surface area (Å²) in [6.07, 6.45) is 1.96. The van der Waals surface area contributed by atoms with Gasteiger partial charge in [0.1, 0.15) is 0 Å². The maximum Gasteiger partial charge on any atom is 0.695 e. The molecule has 5 heteroatoms. The zero-order chi connectivity index (χ0) is 8.48. The van der Waals surface area contributed by atoms with Gasteiger partial charge in [-0.25, -0.2) is 0 Å². The average molecular weight is 161 g/mol. The van der Waals surface area contributed by atoms with Crippen LogP contribution in [0.3, 0.4) is 0 Å². The third kappa shape index (κ3) is 2.15. The lowest BCUT2D eigenvalue weighted by atomic mass is 10.0. The van der Waals surface area contributed by atoms with Crippen LogP contribution in [0.25, 0.3) is 0 Å². The molecular formula is C6H13BFNO2. The first-order chi connectivity index (χ1) is 5.02. The first-order valence-electron chi connectivity index (χ1n) is 3.79. The Labute approximate surface area is 66.3 Å². The van der Waals surface area contributed by atoms with E-state index in [4.69, 9.17) is 5.02 Å². The summed E-state index contributed by atoms with van der Waals surface area (Å²) in [6.45, 7) is 4.61. The highest BCUT2D eigenvalue weighted by Crippen LogP contribution is 2.28. The Bertz CT molecular complexity index is 143. The van der Waals surface area contributed by atoms with Crippen molar-refractivity contribution >= 4 is 7.40 Å². The molecule has 0 radical (unpaired) electrons. The zero-order valence-electron chi connectivity index (χ0n) is 6.88. The van der Waals surface area contributed by atoms with Crippen molar-refractivity contribution in [1.29, 1.82) is 0 Å². The SMILES string of the molecule is CC1(C)CCCN1OB(O)F. The summed E-state index contributed by atoms with van der Waals surface area (Å²) < 4.78 is 16.5. The van der Waals surface area contributed by atoms with Crippen LogP contribution in [0.5, 0.6) is 0 Å². The van der Waals surface area contributed by atoms with Crippen LogP contribution in [0.1, 0.15) is 26.7 Å². The van der Waals surface area contributed by atoms with E-state index in [2.05, 4.69) is 4.76 Å². The highest BCUT2D eigenvalue weighted by Gasteiger charge is 2.35. The average Bonchev–Trinajstić information content (AvgIpc) is 2.10. The molecule has 64 valence electrons. The summed E-state index contributed by atoms with van der Waals surface area (Å²) in [5.74, 6) is 0. The van der Waals surface area contributed by atoms with Gasteiger partial charge in [0, 0.05) is 12.1 Å². The van der Waals surface area contributed by atoms with Gasteiger partial charge >= 0.3 is 7.40 Å². The summed E-state index contributed by atoms with van der Waals surface area (Å²) in [4.78, 5) is 0. The number of hydrogen-bond acceptors (Lipinski definition) is 3. The monoisotopic (exact) mass is 161 g/mol. The first kappa shape index (κ1) is 8.97. The molecule has 1 N–H and O–H groups in total. The van der Waals surface area contributed by atoms with Gasteiger partial charge in [-0.15, -0.1) is 0 Å². The molecule has 0 aliphatic carbocycles. The van der Waals surface area contributed by atoms with Crippen LogP contribution in [0.15, 0.2) is 0 Å². The Morgan fingerprint density at radius 2 is 2.27 bits per heavy atom. The van der Waals surface area contributed by atoms with Gasteiger partial charge < -0.3 is 5.02 Å². The Morgan fingerprint density at radius 3 is 2.64 bits per heavy atom. The van der Waals surface area contributed by atoms with Gasteiger partial charge in [0.2, 0.25) is 0 Å². The Balaban J connectivity index is 2.45. The molecule has 0 amide bonds. The maximum atomic E-state index is 12.0. The molecule has 0 spiro atoms. The molecule has 0 aromatic carbocycles. The quantitative estimate of drug-likeness (QED) is 0.606. The molecule has 3 nitrogen and oxygen atoms in total. The van der Waals surface area contributed by atoms with Gasteiger partial charge in [-0.1, -0.05) is 0 Å². The van der Waals surface area contributed by atoms with Crippen LogP contribution >= 0.6 is 0 Å². The molecule has 0 saturated carbocycles. The van der Waals surface area contributed by atoms with Crippen LogP contribution in [0, 0.1) is 0 Å². The molecular weight excluding hydrogens is 148 g/mol. The van der Waals surface area contributed by atoms with E-state index in [1.54, 1.807) is 0 Å². The lowest BCUT2D eigenvalue weighted by molar-refractivity contribution is -0.130. The number of rotatable bonds is 2. The number of hydroxylamine groups is 2. The molecule has 1 saturated heterocycles. The molecule has 1 aliphatic rings. The third-order valence-corrected chi connectivity index (χ3v) is 2.04. The molecule has 1 heterocycles. The van der Waals surface area contributed by atoms with Gasteiger partial charge in [-0.2, -0.15) is 5.06 Å². The van der Waals surface area contributed by atoms with Crippen LogP contribution < -0.4 is 0 Å². The van der Waals surface area contributed by atoms with Gasteiger partial charge in [0.25, 0.3) is 0 Å². The van der Waals surface area contributed by atoms with E-state index in [1.807, 2.05) is 13.8 Å². The second-order valence-electron chi connectivity index (χ2n) is 3.42. The van der Waals surface area contributed by atoms with Crippen molar-refractivity contribution < 1.29 is 14.1 Å². The predicted molar refractivity (Wildman–Crippen MR) is 40.2 cm³/mol. The van der Waals surface area contributed by atoms with Crippen molar-refractivity contribution in [3.63, 3.8) is 0 Å². The lowest BCUT2D eigenvalue weighted by Gasteiger charge is -2.29. The van der Waals surface area contributed by atoms with E-state index >= 15 is 0 Å². The molecule has 11 heavy (non-hydrogen) atoms. The summed E-state index contributed by atoms with van der Waals surface area (Å²) in [7, 11) is -2.19. The lowest BCUT2D eigenvalue weighted by Crippen LogP contribution is -2.41. The summed E-state index contributed by atoms with van der Waals surface area (Å²) in [6, 6.07) is 0. The fourth-order valence-electron chi connectivity index (χ4n) is 1.38. The van der Waals surface area contributed by atoms with Crippen molar-refractivity contribution in [3.8, 4) is 0 Å². The minimum atomic E-state index is -2.19. The van der Waals surface area contributed by atoms with Crippen molar-refractivity contribution in [2.45, 2.75) is 32.2 Å². The second kappa shape index (κ2) is 3.09. The van der Waals surface area contributed by atoms with E-state index in [9.17, 15) is 4.32 Å². The minimum absolute atomic E-state index is 0.146. The molecule has 0 atom stereocenters. The van der Waals surface area contributed by atoms with E-state index in [1.165, 1.54) is 5.06 Å². The highest BCUT2D eigenvalue weighted by molar-refractivity contribution is 6.33. The topological polar surface area (TPSA) is 32.7 Å². The van der Waals surface area contributed by atoms with E-state index < -0.39 is 7.40 Å². The molecule has 1 rings (SSSR count). The summed E-state index contributed by atoms with van der Waals surface area (Å²) in [5, 5.41) is 9.81. The van der Waals surface area contributed by atoms with Crippen LogP contribution in [0.4, 0.5) is 4.32 Å². The van der Waals surface area contributed by atoms with Crippen molar-refractivity contribution in [3.05, 3.63) is 0 Å². The van der Waals surface area contributed by atoms with Gasteiger partial charge in [-0.05, 0) is 26.7 Å². The van der Waals surface area contributed by atoms with E-state index in [0.29, 0.717) is 6.54 Å². The molecule has 1 fully saturated rings. The maximum absolute atomic E-state index is 12.0. The fourth-order valence-corrected chi connectivity index (χ4v) is 1.38. The Kier molecular flexibility index (Phi) is 2.52. The van der Waals surface area contributed by atoms with E-state index in [0.717, 1.165) is 12.8 Å². The van der Waals surface area contributed by atoms with Crippen molar-refractivity contribution in [1.82, 2.24) is 5.06 Å². The normalized spacial score (nSPS) is 24.0. The largest absolute Gasteiger partial charge is 0.695 e. The van der Waals surface area contributed by atoms with Crippen LogP contribution in [0.2, 0.25) is 0 Å². The fraction of sp³-hybridized carbons (Fsp3) is 1.00. The number of hydrogen-bond donors (Lipinski definition) is 1. The van der Waals surface area contributed by atoms with Gasteiger partial charge in [0.15, 0.2) is 0 Å². The second-order valence-corrected chi connectivity index (χ2v) is 3.42. The van der Waals surface area contributed by atoms with Crippen molar-refractivity contribution in [2.75, 3.05) is 6.54 Å². The Morgan fingerprint density at radius 1 is 1.64 bits per heavy atom. The van der Waals surface area contributed by atoms with Crippen molar-refractivity contribution in [2.24, 2.45) is 0 Å². The number of halogens is 1. The highest BCUT2D eigenvalue weighted by atomic mass is 19.1. The third-order valence-electron chi connectivity index (χ3n) is 2.04. The summed E-state index contributed by atoms with van der Waals surface area (Å²) in [5.41, 5.74) is -0.146. The molecule has 0 bridgehead atoms. The minimum Gasteiger partial charge on any atom is -0.397 e. The first-order valence-corrected chi connectivity index (χ1v) is 3.79. The molecule has 0 aromatic heterocycles. The number of nitrogens with zero attached hydrogens (tertiary/aromatic N) is 1. The van der Waals surface area contributed by atoms with Crippen LogP contribution in [-0.2, 0) is 4.76 Å². The van der Waals surface area contributed by atoms with E-state index in [-0.39, 0.29) is 5.54 Å². The molecule has 0 unspecified atom stereocenters.